The van der Waals surface area contributed by atoms with E-state index in [-0.39, 0.29) is 37.8 Å². The van der Waals surface area contributed by atoms with Crippen molar-refractivity contribution in [3.8, 4) is 0 Å². The minimum Gasteiger partial charge on any atom is -0.462 e. The second kappa shape index (κ2) is 34.6. The van der Waals surface area contributed by atoms with Crippen molar-refractivity contribution < 1.29 is 46.8 Å². The van der Waals surface area contributed by atoms with E-state index in [1.54, 1.807) is 6.08 Å². The number of allylic oxidation sites excluding steroid dienone is 4. The van der Waals surface area contributed by atoms with Gasteiger partial charge in [0, 0.05) is 19.3 Å². The maximum Gasteiger partial charge on any atom is 0.472 e. The Morgan fingerprint density at radius 3 is 1.68 bits per heavy atom. The molecule has 11 heteroatoms. The van der Waals surface area contributed by atoms with Gasteiger partial charge < -0.3 is 18.9 Å². The van der Waals surface area contributed by atoms with Crippen molar-refractivity contribution in [2.24, 2.45) is 0 Å². The van der Waals surface area contributed by atoms with Crippen LogP contribution in [0.4, 0.5) is 0 Å². The molecule has 0 aromatic rings. The number of unbranched alkanes of at least 4 members (excludes halogenated alkanes) is 19. The van der Waals surface area contributed by atoms with Gasteiger partial charge in [-0.3, -0.25) is 23.4 Å². The molecule has 0 fully saturated rings. The molecule has 0 rings (SSSR count). The number of rotatable bonds is 38. The van der Waals surface area contributed by atoms with Gasteiger partial charge in [-0.2, -0.15) is 0 Å². The fourth-order valence-corrected chi connectivity index (χ4v) is 6.32. The molecule has 310 valence electrons. The first-order valence-corrected chi connectivity index (χ1v) is 22.5. The summed E-state index contributed by atoms with van der Waals surface area (Å²) >= 11 is 0. The molecule has 0 aliphatic heterocycles. The van der Waals surface area contributed by atoms with E-state index >= 15 is 0 Å². The Morgan fingerprint density at radius 2 is 1.11 bits per heavy atom. The van der Waals surface area contributed by atoms with Crippen molar-refractivity contribution in [1.82, 2.24) is 0 Å². The SMILES string of the molecule is CCCCCCCCCCCCCCCC(=O)OC[C@H](COP(=O)(O)OCC[N+](C)(C)C)OC(=O)CCCCCCC/C=C\C=C\C(=O)CCCCC. The van der Waals surface area contributed by atoms with Gasteiger partial charge in [0.1, 0.15) is 19.8 Å². The third-order valence-electron chi connectivity index (χ3n) is 8.96. The highest BCUT2D eigenvalue weighted by Gasteiger charge is 2.27. The Morgan fingerprint density at radius 1 is 0.623 bits per heavy atom. The molecule has 0 saturated carbocycles. The van der Waals surface area contributed by atoms with Gasteiger partial charge >= 0.3 is 19.8 Å². The Bertz CT molecular complexity index is 1020. The zero-order valence-corrected chi connectivity index (χ0v) is 35.4. The Balaban J connectivity index is 4.45. The van der Waals surface area contributed by atoms with E-state index < -0.39 is 26.5 Å². The molecule has 0 aliphatic rings. The van der Waals surface area contributed by atoms with Crippen LogP contribution in [0, 0.1) is 0 Å². The average Bonchev–Trinajstić information content (AvgIpc) is 3.09. The van der Waals surface area contributed by atoms with Crippen LogP contribution in [0.2, 0.25) is 0 Å². The molecular formula is C42H79NO9P+. The average molecular weight is 773 g/mol. The summed E-state index contributed by atoms with van der Waals surface area (Å²) < 4.78 is 34.2. The highest BCUT2D eigenvalue weighted by atomic mass is 31.2. The smallest absolute Gasteiger partial charge is 0.462 e. The monoisotopic (exact) mass is 773 g/mol. The number of nitrogens with zero attached hydrogens (tertiary/aromatic N) is 1. The lowest BCUT2D eigenvalue weighted by molar-refractivity contribution is -0.870. The van der Waals surface area contributed by atoms with Crippen molar-refractivity contribution in [3.63, 3.8) is 0 Å². The predicted octanol–water partition coefficient (Wildman–Crippen LogP) is 10.8. The summed E-state index contributed by atoms with van der Waals surface area (Å²) in [7, 11) is 1.42. The summed E-state index contributed by atoms with van der Waals surface area (Å²) in [5.41, 5.74) is 0. The largest absolute Gasteiger partial charge is 0.472 e. The maximum absolute atomic E-state index is 12.6. The van der Waals surface area contributed by atoms with Crippen LogP contribution < -0.4 is 0 Å². The van der Waals surface area contributed by atoms with Crippen molar-refractivity contribution in [2.45, 2.75) is 180 Å². The van der Waals surface area contributed by atoms with Gasteiger partial charge in [0.05, 0.1) is 27.7 Å². The second-order valence-corrected chi connectivity index (χ2v) is 16.9. The fraction of sp³-hybridized carbons (Fsp3) is 0.833. The van der Waals surface area contributed by atoms with E-state index in [1.807, 2.05) is 33.3 Å². The summed E-state index contributed by atoms with van der Waals surface area (Å²) in [6.45, 7) is 4.21. The van der Waals surface area contributed by atoms with Gasteiger partial charge in [-0.05, 0) is 38.2 Å². The van der Waals surface area contributed by atoms with Crippen LogP contribution in [0.15, 0.2) is 24.3 Å². The molecule has 53 heavy (non-hydrogen) atoms. The van der Waals surface area contributed by atoms with Crippen LogP contribution in [0.5, 0.6) is 0 Å². The number of likely N-dealkylation sites (N-methyl/N-ethyl adjacent to an activating group) is 1. The van der Waals surface area contributed by atoms with Crippen LogP contribution >= 0.6 is 7.82 Å². The summed E-state index contributed by atoms with van der Waals surface area (Å²) in [6.07, 6.45) is 32.0. The summed E-state index contributed by atoms with van der Waals surface area (Å²) in [5.74, 6) is -0.679. The van der Waals surface area contributed by atoms with Gasteiger partial charge in [0.15, 0.2) is 11.9 Å². The van der Waals surface area contributed by atoms with Crippen LogP contribution in [0.3, 0.4) is 0 Å². The molecular weight excluding hydrogens is 693 g/mol. The summed E-state index contributed by atoms with van der Waals surface area (Å²) in [6, 6.07) is 0. The van der Waals surface area contributed by atoms with Crippen LogP contribution in [-0.4, -0.2) is 80.7 Å². The van der Waals surface area contributed by atoms with Gasteiger partial charge in [0.2, 0.25) is 0 Å². The number of esters is 2. The van der Waals surface area contributed by atoms with Crippen molar-refractivity contribution >= 4 is 25.5 Å². The highest BCUT2D eigenvalue weighted by Crippen LogP contribution is 2.43. The lowest BCUT2D eigenvalue weighted by atomic mass is 10.0. The van der Waals surface area contributed by atoms with Crippen molar-refractivity contribution in [2.75, 3.05) is 47.5 Å². The molecule has 0 bridgehead atoms. The standard InChI is InChI=1S/C42H78NO9P/c1-6-8-10-11-12-13-14-15-16-19-22-25-29-33-41(45)49-37-40(38-51-53(47,48)50-36-35-43(3,4)5)52-42(46)34-30-26-23-20-17-18-21-24-28-32-39(44)31-27-9-7-2/h21,24,28,32,40H,6-20,22-23,25-27,29-31,33-38H2,1-5H3/p+1/b24-21-,32-28+/t40-/m1/s1. The Hall–Kier alpha value is -1.84. The summed E-state index contributed by atoms with van der Waals surface area (Å²) in [5, 5.41) is 0. The molecule has 2 atom stereocenters. The van der Waals surface area contributed by atoms with E-state index in [1.165, 1.54) is 64.2 Å². The van der Waals surface area contributed by atoms with E-state index in [2.05, 4.69) is 19.9 Å². The second-order valence-electron chi connectivity index (χ2n) is 15.4. The molecule has 0 saturated heterocycles. The molecule has 0 radical (unpaired) electrons. The lowest BCUT2D eigenvalue weighted by Gasteiger charge is -2.24. The van der Waals surface area contributed by atoms with Crippen LogP contribution in [0.1, 0.15) is 174 Å². The van der Waals surface area contributed by atoms with Crippen molar-refractivity contribution in [1.29, 1.82) is 0 Å². The number of hydrogen-bond donors (Lipinski definition) is 1. The number of ether oxygens (including phenoxy) is 2. The Labute approximate surface area is 324 Å². The third-order valence-corrected chi connectivity index (χ3v) is 9.94. The van der Waals surface area contributed by atoms with Crippen LogP contribution in [-0.2, 0) is 37.5 Å². The summed E-state index contributed by atoms with van der Waals surface area (Å²) in [4.78, 5) is 47.0. The number of carbonyl (C=O) groups is 3. The van der Waals surface area contributed by atoms with E-state index in [0.29, 0.717) is 23.9 Å². The molecule has 0 heterocycles. The van der Waals surface area contributed by atoms with Gasteiger partial charge in [-0.15, -0.1) is 0 Å². The molecule has 10 nitrogen and oxygen atoms in total. The third kappa shape index (κ3) is 38.2. The maximum atomic E-state index is 12.6. The molecule has 1 N–H and O–H groups in total. The number of phosphoric ester groups is 1. The predicted molar refractivity (Wildman–Crippen MR) is 216 cm³/mol. The minimum atomic E-state index is -4.39. The Kier molecular flexibility index (Phi) is 33.4. The molecule has 0 amide bonds. The molecule has 1 unspecified atom stereocenters. The van der Waals surface area contributed by atoms with Crippen LogP contribution in [0.25, 0.3) is 0 Å². The molecule has 0 aromatic carbocycles. The number of ketones is 1. The zero-order chi connectivity index (χ0) is 39.5. The molecule has 0 aromatic heterocycles. The van der Waals surface area contributed by atoms with Gasteiger partial charge in [0.25, 0.3) is 0 Å². The zero-order valence-electron chi connectivity index (χ0n) is 34.5. The van der Waals surface area contributed by atoms with E-state index in [4.69, 9.17) is 18.5 Å². The van der Waals surface area contributed by atoms with E-state index in [9.17, 15) is 23.8 Å². The van der Waals surface area contributed by atoms with Gasteiger partial charge in [-0.25, -0.2) is 4.57 Å². The first kappa shape index (κ1) is 51.2. The number of phosphoric acid groups is 1. The number of carbonyl (C=O) groups excluding carboxylic acids is 3. The number of hydrogen-bond acceptors (Lipinski definition) is 8. The lowest BCUT2D eigenvalue weighted by Crippen LogP contribution is -2.37. The molecule has 0 spiro atoms. The van der Waals surface area contributed by atoms with Gasteiger partial charge in [-0.1, -0.05) is 141 Å². The first-order chi connectivity index (χ1) is 25.4. The topological polar surface area (TPSA) is 125 Å². The quantitative estimate of drug-likeness (QED) is 0.0163. The van der Waals surface area contributed by atoms with Crippen molar-refractivity contribution in [3.05, 3.63) is 24.3 Å². The van der Waals surface area contributed by atoms with E-state index in [0.717, 1.165) is 70.6 Å². The highest BCUT2D eigenvalue weighted by molar-refractivity contribution is 7.47. The molecule has 0 aliphatic carbocycles. The first-order valence-electron chi connectivity index (χ1n) is 21.0. The minimum absolute atomic E-state index is 0.0172. The number of quaternary nitrogens is 1. The normalized spacial score (nSPS) is 13.8. The fourth-order valence-electron chi connectivity index (χ4n) is 5.58.